The molecular weight excluding hydrogens is 242 g/mol. The molecule has 0 saturated heterocycles. The van der Waals surface area contributed by atoms with Crippen LogP contribution in [0.2, 0.25) is 19.1 Å². The maximum atomic E-state index is 8.96. The number of hydrogen-bond acceptors (Lipinski definition) is 3. The van der Waals surface area contributed by atoms with Crippen LogP contribution < -0.4 is 4.74 Å². The van der Waals surface area contributed by atoms with Gasteiger partial charge >= 0.3 is 0 Å². The van der Waals surface area contributed by atoms with Crippen molar-refractivity contribution in [3.63, 3.8) is 0 Å². The van der Waals surface area contributed by atoms with E-state index in [-0.39, 0.29) is 0 Å². The Labute approximate surface area is 109 Å². The molecule has 0 unspecified atom stereocenters. The van der Waals surface area contributed by atoms with E-state index in [0.717, 1.165) is 17.7 Å². The van der Waals surface area contributed by atoms with Crippen LogP contribution in [0.25, 0.3) is 0 Å². The third-order valence-corrected chi connectivity index (χ3v) is 6.74. The molecule has 2 rings (SSSR count). The van der Waals surface area contributed by atoms with Crippen LogP contribution in [-0.2, 0) is 12.5 Å². The second-order valence-corrected chi connectivity index (χ2v) is 11.0. The van der Waals surface area contributed by atoms with Gasteiger partial charge in [0.2, 0.25) is 0 Å². The lowest BCUT2D eigenvalue weighted by Gasteiger charge is -2.30. The van der Waals surface area contributed by atoms with Gasteiger partial charge in [-0.3, -0.25) is 0 Å². The molecule has 98 valence electrons. The summed E-state index contributed by atoms with van der Waals surface area (Å²) in [5.41, 5.74) is 4.33. The van der Waals surface area contributed by atoms with E-state index in [2.05, 4.69) is 30.4 Å². The van der Waals surface area contributed by atoms with Gasteiger partial charge in [0.1, 0.15) is 5.75 Å². The molecule has 0 spiro atoms. The van der Waals surface area contributed by atoms with Crippen molar-refractivity contribution in [3.05, 3.63) is 28.8 Å². The highest BCUT2D eigenvalue weighted by Gasteiger charge is 2.28. The van der Waals surface area contributed by atoms with Gasteiger partial charge in [-0.25, -0.2) is 0 Å². The molecule has 1 aliphatic rings. The van der Waals surface area contributed by atoms with Gasteiger partial charge in [-0.2, -0.15) is 0 Å². The molecule has 0 radical (unpaired) electrons. The van der Waals surface area contributed by atoms with Crippen LogP contribution in [0, 0.1) is 0 Å². The Morgan fingerprint density at radius 3 is 2.67 bits per heavy atom. The summed E-state index contributed by atoms with van der Waals surface area (Å²) in [4.78, 5) is 0. The van der Waals surface area contributed by atoms with Gasteiger partial charge in [-0.1, -0.05) is 24.3 Å². The lowest BCUT2D eigenvalue weighted by atomic mass is 9.99. The monoisotopic (exact) mass is 263 g/mol. The standard InChI is InChI=1S/C14H21NO2Si/c1-10(15-16)13-7-12-9-18(3,4)6-5-11(12)8-14(13)17-2/h7-8,16H,5-6,9H2,1-4H3/b15-10+. The van der Waals surface area contributed by atoms with Crippen molar-refractivity contribution in [1.29, 1.82) is 0 Å². The molecule has 1 N–H and O–H groups in total. The second-order valence-electron chi connectivity index (χ2n) is 5.85. The van der Waals surface area contributed by atoms with Gasteiger partial charge in [0.05, 0.1) is 20.9 Å². The summed E-state index contributed by atoms with van der Waals surface area (Å²) in [6, 6.07) is 6.81. The number of ether oxygens (including phenoxy) is 1. The molecular formula is C14H21NO2Si. The number of fused-ring (bicyclic) bond motifs is 1. The Bertz CT molecular complexity index is 495. The minimum absolute atomic E-state index is 0.611. The highest BCUT2D eigenvalue weighted by Crippen LogP contribution is 2.33. The van der Waals surface area contributed by atoms with Crippen LogP contribution in [0.1, 0.15) is 23.6 Å². The van der Waals surface area contributed by atoms with Gasteiger partial charge in [0.15, 0.2) is 0 Å². The van der Waals surface area contributed by atoms with Crippen LogP contribution in [0.15, 0.2) is 17.3 Å². The Kier molecular flexibility index (Phi) is 3.48. The molecule has 3 nitrogen and oxygen atoms in total. The summed E-state index contributed by atoms with van der Waals surface area (Å²) in [5, 5.41) is 12.3. The van der Waals surface area contributed by atoms with E-state index in [4.69, 9.17) is 9.94 Å². The van der Waals surface area contributed by atoms with Gasteiger partial charge in [-0.05, 0) is 42.6 Å². The highest BCUT2D eigenvalue weighted by atomic mass is 28.3. The fourth-order valence-corrected chi connectivity index (χ4v) is 5.13. The normalized spacial score (nSPS) is 18.3. The lowest BCUT2D eigenvalue weighted by Crippen LogP contribution is -2.33. The molecule has 1 aliphatic heterocycles. The first-order valence-electron chi connectivity index (χ1n) is 6.35. The number of nitrogens with zero attached hydrogens (tertiary/aromatic N) is 1. The Morgan fingerprint density at radius 2 is 2.06 bits per heavy atom. The van der Waals surface area contributed by atoms with E-state index < -0.39 is 8.07 Å². The predicted molar refractivity (Wildman–Crippen MR) is 76.7 cm³/mol. The Morgan fingerprint density at radius 1 is 1.33 bits per heavy atom. The summed E-state index contributed by atoms with van der Waals surface area (Å²) in [6.45, 7) is 6.68. The van der Waals surface area contributed by atoms with Crippen molar-refractivity contribution in [2.75, 3.05) is 7.11 Å². The molecule has 0 aromatic heterocycles. The van der Waals surface area contributed by atoms with E-state index in [1.165, 1.54) is 23.2 Å². The third-order valence-electron chi connectivity index (χ3n) is 3.80. The first-order chi connectivity index (χ1) is 8.46. The van der Waals surface area contributed by atoms with Crippen molar-refractivity contribution < 1.29 is 9.94 Å². The largest absolute Gasteiger partial charge is 0.496 e. The SMILES string of the molecule is COc1cc2c(cc1/C(C)=N/O)C[Si](C)(C)CC2. The smallest absolute Gasteiger partial charge is 0.128 e. The van der Waals surface area contributed by atoms with Crippen LogP contribution in [0.5, 0.6) is 5.75 Å². The van der Waals surface area contributed by atoms with E-state index >= 15 is 0 Å². The summed E-state index contributed by atoms with van der Waals surface area (Å²) >= 11 is 0. The fraction of sp³-hybridized carbons (Fsp3) is 0.500. The van der Waals surface area contributed by atoms with Crippen molar-refractivity contribution in [1.82, 2.24) is 0 Å². The van der Waals surface area contributed by atoms with Crippen molar-refractivity contribution in [3.8, 4) is 5.75 Å². The summed E-state index contributed by atoms with van der Waals surface area (Å²) in [7, 11) is 0.584. The molecule has 1 aromatic carbocycles. The maximum absolute atomic E-state index is 8.96. The minimum atomic E-state index is -1.08. The van der Waals surface area contributed by atoms with Crippen molar-refractivity contribution in [2.45, 2.75) is 38.5 Å². The van der Waals surface area contributed by atoms with E-state index in [9.17, 15) is 0 Å². The molecule has 4 heteroatoms. The zero-order valence-corrected chi connectivity index (χ0v) is 12.6. The molecule has 18 heavy (non-hydrogen) atoms. The number of rotatable bonds is 2. The molecule has 0 atom stereocenters. The Hall–Kier alpha value is -1.29. The molecule has 0 aliphatic carbocycles. The van der Waals surface area contributed by atoms with E-state index in [0.29, 0.717) is 5.71 Å². The maximum Gasteiger partial charge on any atom is 0.128 e. The average Bonchev–Trinajstić information content (AvgIpc) is 2.35. The molecule has 1 aromatic rings. The summed E-state index contributed by atoms with van der Waals surface area (Å²) < 4.78 is 5.41. The quantitative estimate of drug-likeness (QED) is 0.385. The summed E-state index contributed by atoms with van der Waals surface area (Å²) in [6.07, 6.45) is 1.15. The van der Waals surface area contributed by atoms with Gasteiger partial charge in [0.25, 0.3) is 0 Å². The van der Waals surface area contributed by atoms with Gasteiger partial charge in [0, 0.05) is 5.56 Å². The number of oxime groups is 1. The fourth-order valence-electron chi connectivity index (χ4n) is 2.65. The molecule has 0 amide bonds. The zero-order chi connectivity index (χ0) is 13.3. The molecule has 0 saturated carbocycles. The Balaban J connectivity index is 2.51. The zero-order valence-electron chi connectivity index (χ0n) is 11.6. The first kappa shape index (κ1) is 13.1. The number of aryl methyl sites for hydroxylation is 1. The van der Waals surface area contributed by atoms with Crippen molar-refractivity contribution in [2.24, 2.45) is 5.16 Å². The third kappa shape index (κ3) is 2.43. The number of benzene rings is 1. The predicted octanol–water partition coefficient (Wildman–Crippen LogP) is 3.24. The number of hydrogen-bond donors (Lipinski definition) is 1. The average molecular weight is 263 g/mol. The van der Waals surface area contributed by atoms with Crippen LogP contribution in [0.3, 0.4) is 0 Å². The topological polar surface area (TPSA) is 41.8 Å². The first-order valence-corrected chi connectivity index (χ1v) is 9.77. The molecule has 0 fully saturated rings. The van der Waals surface area contributed by atoms with Gasteiger partial charge in [-0.15, -0.1) is 0 Å². The second kappa shape index (κ2) is 4.76. The minimum Gasteiger partial charge on any atom is -0.496 e. The van der Waals surface area contributed by atoms with Crippen LogP contribution in [0.4, 0.5) is 0 Å². The number of methoxy groups -OCH3 is 1. The van der Waals surface area contributed by atoms with Gasteiger partial charge < -0.3 is 9.94 Å². The highest BCUT2D eigenvalue weighted by molar-refractivity contribution is 6.77. The molecule has 1 heterocycles. The van der Waals surface area contributed by atoms with Crippen molar-refractivity contribution >= 4 is 13.8 Å². The lowest BCUT2D eigenvalue weighted by molar-refractivity contribution is 0.318. The molecule has 0 bridgehead atoms. The van der Waals surface area contributed by atoms with Crippen LogP contribution >= 0.6 is 0 Å². The van der Waals surface area contributed by atoms with Crippen LogP contribution in [-0.4, -0.2) is 26.1 Å². The van der Waals surface area contributed by atoms with E-state index in [1.807, 2.05) is 0 Å². The summed E-state index contributed by atoms with van der Waals surface area (Å²) in [5.74, 6) is 0.811. The van der Waals surface area contributed by atoms with E-state index in [1.54, 1.807) is 14.0 Å².